The molecule has 0 bridgehead atoms. The van der Waals surface area contributed by atoms with Crippen molar-refractivity contribution < 1.29 is 0 Å². The molecule has 4 heteroatoms. The molecule has 1 aromatic heterocycles. The largest absolute Gasteiger partial charge is 0.328 e. The zero-order valence-corrected chi connectivity index (χ0v) is 7.47. The van der Waals surface area contributed by atoms with Crippen LogP contribution in [0.25, 0.3) is 0 Å². The van der Waals surface area contributed by atoms with Crippen LogP contribution in [-0.2, 0) is 6.54 Å². The van der Waals surface area contributed by atoms with Gasteiger partial charge in [0.25, 0.3) is 5.56 Å². The Labute approximate surface area is 69.9 Å². The molecule has 1 N–H and O–H groups in total. The van der Waals surface area contributed by atoms with Crippen molar-refractivity contribution in [2.45, 2.75) is 27.3 Å². The summed E-state index contributed by atoms with van der Waals surface area (Å²) in [5.41, 5.74) is 0.732. The quantitative estimate of drug-likeness (QED) is 0.650. The van der Waals surface area contributed by atoms with E-state index in [0.717, 1.165) is 5.69 Å². The maximum Gasteiger partial charge on any atom is 0.328 e. The number of rotatable bonds is 1. The maximum absolute atomic E-state index is 11.2. The Hall–Kier alpha value is -1.32. The SMILES string of the molecule is CCn1c(C)c(C)c(=O)[nH]c1=O. The Morgan fingerprint density at radius 3 is 2.42 bits per heavy atom. The lowest BCUT2D eigenvalue weighted by Gasteiger charge is -2.07. The molecule has 0 saturated carbocycles. The minimum absolute atomic E-state index is 0.290. The molecule has 4 nitrogen and oxygen atoms in total. The van der Waals surface area contributed by atoms with Crippen molar-refractivity contribution in [2.24, 2.45) is 0 Å². The van der Waals surface area contributed by atoms with Gasteiger partial charge in [0.15, 0.2) is 0 Å². The topological polar surface area (TPSA) is 54.9 Å². The highest BCUT2D eigenvalue weighted by Crippen LogP contribution is 1.95. The van der Waals surface area contributed by atoms with Gasteiger partial charge in [-0.2, -0.15) is 0 Å². The van der Waals surface area contributed by atoms with Crippen LogP contribution in [0, 0.1) is 13.8 Å². The number of hydrogen-bond donors (Lipinski definition) is 1. The van der Waals surface area contributed by atoms with E-state index in [2.05, 4.69) is 4.98 Å². The van der Waals surface area contributed by atoms with Crippen LogP contribution in [0.5, 0.6) is 0 Å². The van der Waals surface area contributed by atoms with Crippen LogP contribution in [0.4, 0.5) is 0 Å². The summed E-state index contributed by atoms with van der Waals surface area (Å²) in [4.78, 5) is 24.5. The first-order valence-corrected chi connectivity index (χ1v) is 3.88. The number of aromatic nitrogens is 2. The number of nitrogens with one attached hydrogen (secondary N) is 1. The van der Waals surface area contributed by atoms with Crippen LogP contribution in [0.15, 0.2) is 9.59 Å². The van der Waals surface area contributed by atoms with E-state index >= 15 is 0 Å². The molecular weight excluding hydrogens is 156 g/mol. The van der Waals surface area contributed by atoms with Gasteiger partial charge in [0.1, 0.15) is 0 Å². The molecule has 0 aliphatic heterocycles. The molecule has 0 spiro atoms. The van der Waals surface area contributed by atoms with Gasteiger partial charge in [-0.3, -0.25) is 14.3 Å². The molecular formula is C8H12N2O2. The second-order valence-electron chi connectivity index (χ2n) is 2.71. The summed E-state index contributed by atoms with van der Waals surface area (Å²) in [6.07, 6.45) is 0. The predicted octanol–water partition coefficient (Wildman–Crippen LogP) is 0.173. The zero-order valence-electron chi connectivity index (χ0n) is 7.47. The molecule has 0 saturated heterocycles. The highest BCUT2D eigenvalue weighted by molar-refractivity contribution is 5.13. The maximum atomic E-state index is 11.2. The smallest absolute Gasteiger partial charge is 0.298 e. The third kappa shape index (κ3) is 1.20. The molecule has 0 unspecified atom stereocenters. The lowest BCUT2D eigenvalue weighted by molar-refractivity contribution is 0.661. The van der Waals surface area contributed by atoms with E-state index in [1.807, 2.05) is 6.92 Å². The van der Waals surface area contributed by atoms with Gasteiger partial charge in [-0.15, -0.1) is 0 Å². The highest BCUT2D eigenvalue weighted by Gasteiger charge is 2.04. The zero-order chi connectivity index (χ0) is 9.30. The van der Waals surface area contributed by atoms with Crippen molar-refractivity contribution in [3.8, 4) is 0 Å². The molecule has 0 atom stereocenters. The van der Waals surface area contributed by atoms with Gasteiger partial charge in [-0.1, -0.05) is 0 Å². The van der Waals surface area contributed by atoms with Gasteiger partial charge in [0.05, 0.1) is 0 Å². The molecule has 0 radical (unpaired) electrons. The molecule has 0 aliphatic rings. The van der Waals surface area contributed by atoms with Crippen molar-refractivity contribution in [3.05, 3.63) is 32.1 Å². The van der Waals surface area contributed by atoms with Gasteiger partial charge in [-0.25, -0.2) is 4.79 Å². The Balaban J connectivity index is 3.63. The molecule has 1 rings (SSSR count). The van der Waals surface area contributed by atoms with E-state index in [4.69, 9.17) is 0 Å². The van der Waals surface area contributed by atoms with E-state index in [0.29, 0.717) is 12.1 Å². The van der Waals surface area contributed by atoms with Crippen LogP contribution >= 0.6 is 0 Å². The van der Waals surface area contributed by atoms with Crippen LogP contribution in [0.2, 0.25) is 0 Å². The number of aromatic amines is 1. The normalized spacial score (nSPS) is 10.2. The van der Waals surface area contributed by atoms with Crippen LogP contribution < -0.4 is 11.2 Å². The number of hydrogen-bond acceptors (Lipinski definition) is 2. The van der Waals surface area contributed by atoms with Gasteiger partial charge in [-0.05, 0) is 20.8 Å². The van der Waals surface area contributed by atoms with Crippen molar-refractivity contribution in [1.29, 1.82) is 0 Å². The van der Waals surface area contributed by atoms with Crippen molar-refractivity contribution >= 4 is 0 Å². The summed E-state index contributed by atoms with van der Waals surface area (Å²) in [5.74, 6) is 0. The summed E-state index contributed by atoms with van der Waals surface area (Å²) in [7, 11) is 0. The Morgan fingerprint density at radius 1 is 1.33 bits per heavy atom. The van der Waals surface area contributed by atoms with Gasteiger partial charge >= 0.3 is 5.69 Å². The number of H-pyrrole nitrogens is 1. The highest BCUT2D eigenvalue weighted by atomic mass is 16.2. The second-order valence-corrected chi connectivity index (χ2v) is 2.71. The lowest BCUT2D eigenvalue weighted by Crippen LogP contribution is -2.32. The van der Waals surface area contributed by atoms with E-state index in [-0.39, 0.29) is 11.2 Å². The molecule has 0 aromatic carbocycles. The van der Waals surface area contributed by atoms with Crippen LogP contribution in [0.1, 0.15) is 18.2 Å². The standard InChI is InChI=1S/C8H12N2O2/c1-4-10-6(3)5(2)7(11)9-8(10)12/h4H2,1-3H3,(H,9,11,12). The third-order valence-electron chi connectivity index (χ3n) is 2.07. The minimum atomic E-state index is -0.328. The summed E-state index contributed by atoms with van der Waals surface area (Å²) < 4.78 is 1.54. The number of nitrogens with zero attached hydrogens (tertiary/aromatic N) is 1. The molecule has 1 heterocycles. The van der Waals surface area contributed by atoms with E-state index in [1.165, 1.54) is 4.57 Å². The van der Waals surface area contributed by atoms with Crippen LogP contribution in [0.3, 0.4) is 0 Å². The average Bonchev–Trinajstić information content (AvgIpc) is 2.01. The third-order valence-corrected chi connectivity index (χ3v) is 2.07. The molecule has 0 amide bonds. The molecule has 66 valence electrons. The molecule has 0 aliphatic carbocycles. The Kier molecular flexibility index (Phi) is 2.17. The predicted molar refractivity (Wildman–Crippen MR) is 46.5 cm³/mol. The molecule has 1 aromatic rings. The summed E-state index contributed by atoms with van der Waals surface area (Å²) in [6, 6.07) is 0. The lowest BCUT2D eigenvalue weighted by atomic mass is 10.2. The van der Waals surface area contributed by atoms with Gasteiger partial charge in [0.2, 0.25) is 0 Å². The first kappa shape index (κ1) is 8.77. The minimum Gasteiger partial charge on any atom is -0.298 e. The van der Waals surface area contributed by atoms with Gasteiger partial charge in [0, 0.05) is 17.8 Å². The van der Waals surface area contributed by atoms with E-state index in [1.54, 1.807) is 13.8 Å². The summed E-state index contributed by atoms with van der Waals surface area (Å²) in [6.45, 7) is 5.93. The monoisotopic (exact) mass is 168 g/mol. The van der Waals surface area contributed by atoms with Gasteiger partial charge < -0.3 is 0 Å². The fourth-order valence-electron chi connectivity index (χ4n) is 1.16. The average molecular weight is 168 g/mol. The van der Waals surface area contributed by atoms with Crippen LogP contribution in [-0.4, -0.2) is 9.55 Å². The van der Waals surface area contributed by atoms with Crippen molar-refractivity contribution in [1.82, 2.24) is 9.55 Å². The van der Waals surface area contributed by atoms with Crippen molar-refractivity contribution in [2.75, 3.05) is 0 Å². The fourth-order valence-corrected chi connectivity index (χ4v) is 1.16. The summed E-state index contributed by atoms with van der Waals surface area (Å²) in [5, 5.41) is 0. The Morgan fingerprint density at radius 2 is 1.92 bits per heavy atom. The van der Waals surface area contributed by atoms with E-state index < -0.39 is 0 Å². The fraction of sp³-hybridized carbons (Fsp3) is 0.500. The molecule has 0 fully saturated rings. The Bertz CT molecular complexity index is 400. The molecule has 12 heavy (non-hydrogen) atoms. The first-order valence-electron chi connectivity index (χ1n) is 3.88. The van der Waals surface area contributed by atoms with Crippen molar-refractivity contribution in [3.63, 3.8) is 0 Å². The first-order chi connectivity index (χ1) is 5.57. The van der Waals surface area contributed by atoms with E-state index in [9.17, 15) is 9.59 Å². The second kappa shape index (κ2) is 2.97. The summed E-state index contributed by atoms with van der Waals surface area (Å²) >= 11 is 0.